The highest BCUT2D eigenvalue weighted by molar-refractivity contribution is 5.96. The van der Waals surface area contributed by atoms with E-state index in [0.717, 1.165) is 23.2 Å². The van der Waals surface area contributed by atoms with Crippen molar-refractivity contribution in [2.75, 3.05) is 24.3 Å². The van der Waals surface area contributed by atoms with E-state index >= 15 is 0 Å². The third kappa shape index (κ3) is 2.86. The van der Waals surface area contributed by atoms with Crippen molar-refractivity contribution in [1.29, 1.82) is 0 Å². The molecule has 2 N–H and O–H groups in total. The minimum Gasteiger partial charge on any atom is -0.423 e. The van der Waals surface area contributed by atoms with Crippen LogP contribution in [0.2, 0.25) is 0 Å². The Kier molecular flexibility index (Phi) is 3.92. The third-order valence-corrected chi connectivity index (χ3v) is 5.21. The fourth-order valence-electron chi connectivity index (χ4n) is 3.93. The molecule has 0 bridgehead atoms. The molecule has 6 heteroatoms. The number of nitrogens with zero attached hydrogens (tertiary/aromatic N) is 2. The normalized spacial score (nSPS) is 26.3. The van der Waals surface area contributed by atoms with Crippen LogP contribution >= 0.6 is 0 Å². The van der Waals surface area contributed by atoms with Gasteiger partial charge in [0.25, 0.3) is 6.01 Å². The summed E-state index contributed by atoms with van der Waals surface area (Å²) >= 11 is 0. The lowest BCUT2D eigenvalue weighted by Gasteiger charge is -2.24. The molecule has 1 aliphatic carbocycles. The number of hydrogen-bond acceptors (Lipinski definition) is 5. The van der Waals surface area contributed by atoms with Gasteiger partial charge in [-0.3, -0.25) is 4.79 Å². The summed E-state index contributed by atoms with van der Waals surface area (Å²) in [5.74, 6) is 0.718. The van der Waals surface area contributed by atoms with Gasteiger partial charge in [0.05, 0.1) is 6.04 Å². The molecule has 0 spiro atoms. The number of carbonyl (C=O) groups is 1. The summed E-state index contributed by atoms with van der Waals surface area (Å²) in [6.45, 7) is 0. The Morgan fingerprint density at radius 3 is 2.96 bits per heavy atom. The van der Waals surface area contributed by atoms with Gasteiger partial charge in [-0.1, -0.05) is 12.8 Å². The molecule has 3 atom stereocenters. The Morgan fingerprint density at radius 2 is 2.17 bits per heavy atom. The number of rotatable bonds is 3. The maximum Gasteiger partial charge on any atom is 0.297 e. The van der Waals surface area contributed by atoms with Crippen LogP contribution < -0.4 is 15.5 Å². The Hall–Kier alpha value is -2.08. The van der Waals surface area contributed by atoms with E-state index in [4.69, 9.17) is 4.42 Å². The van der Waals surface area contributed by atoms with Gasteiger partial charge in [-0.2, -0.15) is 4.98 Å². The van der Waals surface area contributed by atoms with Crippen LogP contribution in [0.4, 0.5) is 11.7 Å². The van der Waals surface area contributed by atoms with Crippen LogP contribution in [0, 0.1) is 5.92 Å². The van der Waals surface area contributed by atoms with Gasteiger partial charge in [-0.15, -0.1) is 0 Å². The van der Waals surface area contributed by atoms with E-state index < -0.39 is 0 Å². The Balaban J connectivity index is 1.46. The molecule has 2 fully saturated rings. The monoisotopic (exact) mass is 328 g/mol. The Bertz CT molecular complexity index is 741. The second-order valence-corrected chi connectivity index (χ2v) is 7.17. The number of aromatic nitrogens is 1. The Morgan fingerprint density at radius 1 is 1.33 bits per heavy atom. The standard InChI is InChI=1S/C18H24N4O2/c1-22(2)18-21-14-10-12(7-8-16(14)24-18)19-17(23)15-9-11-5-3-4-6-13(11)20-15/h7-8,10-11,13,15,20H,3-6,9H2,1-2H3,(H,19,23). The highest BCUT2D eigenvalue weighted by Gasteiger charge is 2.38. The molecule has 2 heterocycles. The van der Waals surface area contributed by atoms with Gasteiger partial charge in [0, 0.05) is 25.8 Å². The zero-order valence-electron chi connectivity index (χ0n) is 14.2. The molecule has 0 radical (unpaired) electrons. The molecule has 1 aromatic heterocycles. The minimum atomic E-state index is -0.0801. The van der Waals surface area contributed by atoms with Crippen LogP contribution in [0.3, 0.4) is 0 Å². The molecule has 6 nitrogen and oxygen atoms in total. The van der Waals surface area contributed by atoms with Crippen molar-refractivity contribution >= 4 is 28.7 Å². The highest BCUT2D eigenvalue weighted by Crippen LogP contribution is 2.33. The molecule has 2 aliphatic rings. The van der Waals surface area contributed by atoms with Crippen LogP contribution in [0.15, 0.2) is 22.6 Å². The molecule has 24 heavy (non-hydrogen) atoms. The zero-order valence-corrected chi connectivity index (χ0v) is 14.2. The third-order valence-electron chi connectivity index (χ3n) is 5.21. The predicted molar refractivity (Wildman–Crippen MR) is 94.3 cm³/mol. The van der Waals surface area contributed by atoms with E-state index in [0.29, 0.717) is 18.0 Å². The van der Waals surface area contributed by atoms with Crippen LogP contribution in [-0.2, 0) is 4.79 Å². The largest absolute Gasteiger partial charge is 0.423 e. The summed E-state index contributed by atoms with van der Waals surface area (Å²) < 4.78 is 5.64. The van der Waals surface area contributed by atoms with E-state index in [-0.39, 0.29) is 11.9 Å². The second kappa shape index (κ2) is 6.09. The van der Waals surface area contributed by atoms with Crippen LogP contribution in [-0.4, -0.2) is 37.1 Å². The summed E-state index contributed by atoms with van der Waals surface area (Å²) in [5.41, 5.74) is 2.24. The van der Waals surface area contributed by atoms with Crippen molar-refractivity contribution in [1.82, 2.24) is 10.3 Å². The molecule has 3 unspecified atom stereocenters. The smallest absolute Gasteiger partial charge is 0.297 e. The summed E-state index contributed by atoms with van der Waals surface area (Å²) in [5, 5.41) is 6.54. The average Bonchev–Trinajstić information content (AvgIpc) is 3.18. The molecule has 2 aromatic rings. The fourth-order valence-corrected chi connectivity index (χ4v) is 3.93. The first-order valence-electron chi connectivity index (χ1n) is 8.75. The second-order valence-electron chi connectivity index (χ2n) is 7.17. The average molecular weight is 328 g/mol. The number of amides is 1. The molecule has 1 saturated heterocycles. The lowest BCUT2D eigenvalue weighted by Crippen LogP contribution is -2.39. The van der Waals surface area contributed by atoms with Gasteiger partial charge in [-0.25, -0.2) is 0 Å². The number of fused-ring (bicyclic) bond motifs is 2. The van der Waals surface area contributed by atoms with Crippen molar-refractivity contribution in [3.8, 4) is 0 Å². The number of oxazole rings is 1. The number of benzene rings is 1. The predicted octanol–water partition coefficient (Wildman–Crippen LogP) is 2.75. The molecule has 1 saturated carbocycles. The molecule has 1 amide bonds. The lowest BCUT2D eigenvalue weighted by atomic mass is 9.85. The molecular weight excluding hydrogens is 304 g/mol. The van der Waals surface area contributed by atoms with Gasteiger partial charge in [0.2, 0.25) is 5.91 Å². The van der Waals surface area contributed by atoms with E-state index in [9.17, 15) is 4.79 Å². The summed E-state index contributed by atoms with van der Waals surface area (Å²) in [6, 6.07) is 6.60. The molecule has 1 aromatic carbocycles. The van der Waals surface area contributed by atoms with Gasteiger partial charge in [0.1, 0.15) is 5.52 Å². The van der Waals surface area contributed by atoms with Crippen molar-refractivity contribution in [2.24, 2.45) is 5.92 Å². The molecular formula is C18H24N4O2. The summed E-state index contributed by atoms with van der Waals surface area (Å²) in [7, 11) is 3.78. The SMILES string of the molecule is CN(C)c1nc2cc(NC(=O)C3CC4CCCCC4N3)ccc2o1. The maximum absolute atomic E-state index is 12.6. The molecule has 128 valence electrons. The van der Waals surface area contributed by atoms with Gasteiger partial charge < -0.3 is 20.0 Å². The first kappa shape index (κ1) is 15.4. The molecule has 4 rings (SSSR count). The summed E-state index contributed by atoms with van der Waals surface area (Å²) in [6.07, 6.45) is 5.98. The van der Waals surface area contributed by atoms with Crippen molar-refractivity contribution in [3.05, 3.63) is 18.2 Å². The fraction of sp³-hybridized carbons (Fsp3) is 0.556. The van der Waals surface area contributed by atoms with E-state index in [1.807, 2.05) is 37.2 Å². The topological polar surface area (TPSA) is 70.4 Å². The van der Waals surface area contributed by atoms with Gasteiger partial charge in [0.15, 0.2) is 5.58 Å². The van der Waals surface area contributed by atoms with Crippen molar-refractivity contribution in [3.63, 3.8) is 0 Å². The molecule has 1 aliphatic heterocycles. The van der Waals surface area contributed by atoms with E-state index in [2.05, 4.69) is 15.6 Å². The maximum atomic E-state index is 12.6. The van der Waals surface area contributed by atoms with E-state index in [1.54, 1.807) is 0 Å². The first-order valence-corrected chi connectivity index (χ1v) is 8.75. The first-order chi connectivity index (χ1) is 11.6. The number of anilines is 2. The van der Waals surface area contributed by atoms with Crippen LogP contribution in [0.5, 0.6) is 0 Å². The highest BCUT2D eigenvalue weighted by atomic mass is 16.4. The number of hydrogen-bond donors (Lipinski definition) is 2. The lowest BCUT2D eigenvalue weighted by molar-refractivity contribution is -0.117. The van der Waals surface area contributed by atoms with Gasteiger partial charge in [-0.05, 0) is 43.4 Å². The van der Waals surface area contributed by atoms with E-state index in [1.165, 1.54) is 25.7 Å². The zero-order chi connectivity index (χ0) is 16.7. The quantitative estimate of drug-likeness (QED) is 0.906. The number of nitrogens with one attached hydrogen (secondary N) is 2. The Labute approximate surface area is 141 Å². The van der Waals surface area contributed by atoms with Gasteiger partial charge >= 0.3 is 0 Å². The summed E-state index contributed by atoms with van der Waals surface area (Å²) in [4.78, 5) is 18.8. The van der Waals surface area contributed by atoms with Crippen molar-refractivity contribution < 1.29 is 9.21 Å². The van der Waals surface area contributed by atoms with Crippen LogP contribution in [0.1, 0.15) is 32.1 Å². The number of carbonyl (C=O) groups excluding carboxylic acids is 1. The minimum absolute atomic E-state index is 0.0556. The van der Waals surface area contributed by atoms with Crippen molar-refractivity contribution in [2.45, 2.75) is 44.2 Å². The van der Waals surface area contributed by atoms with Crippen LogP contribution in [0.25, 0.3) is 11.1 Å².